The van der Waals surface area contributed by atoms with Gasteiger partial charge in [-0.3, -0.25) is 24.5 Å². The molecule has 0 bridgehead atoms. The molecule has 1 aliphatic rings. The van der Waals surface area contributed by atoms with E-state index in [1.165, 1.54) is 4.90 Å². The highest BCUT2D eigenvalue weighted by Gasteiger charge is 2.47. The van der Waals surface area contributed by atoms with Crippen LogP contribution in [0.15, 0.2) is 35.8 Å². The molecule has 1 aromatic carbocycles. The predicted octanol–water partition coefficient (Wildman–Crippen LogP) is 3.05. The molecule has 4 N–H and O–H groups in total. The molecule has 0 aliphatic carbocycles. The van der Waals surface area contributed by atoms with Crippen molar-refractivity contribution in [3.63, 3.8) is 0 Å². The molecule has 2 heterocycles. The number of rotatable bonds is 2. The highest BCUT2D eigenvalue weighted by atomic mass is 32.1. The molecule has 0 spiro atoms. The van der Waals surface area contributed by atoms with Gasteiger partial charge in [-0.25, -0.2) is 0 Å². The number of aliphatic hydroxyl groups is 2. The summed E-state index contributed by atoms with van der Waals surface area (Å²) < 4.78 is 2.49. The Balaban J connectivity index is 2.03. The van der Waals surface area contributed by atoms with Crippen LogP contribution in [0, 0.1) is 9.54 Å². The van der Waals surface area contributed by atoms with Crippen molar-refractivity contribution in [2.75, 3.05) is 4.90 Å². The number of carbonyl (C=O) groups excluding carboxylic acids is 1. The molecule has 0 saturated carbocycles. The van der Waals surface area contributed by atoms with Crippen molar-refractivity contribution in [1.29, 1.82) is 0 Å². The first-order valence-electron chi connectivity index (χ1n) is 6.72. The van der Waals surface area contributed by atoms with E-state index < -0.39 is 17.2 Å². The number of anilines is 1. The molecule has 2 aromatic rings. The summed E-state index contributed by atoms with van der Waals surface area (Å²) in [6.45, 7) is 3.30. The van der Waals surface area contributed by atoms with Crippen molar-refractivity contribution in [3.8, 4) is 5.69 Å². The topological polar surface area (TPSA) is 97.3 Å². The van der Waals surface area contributed by atoms with Crippen LogP contribution in [0.2, 0.25) is 0 Å². The molecule has 3 rings (SSSR count). The van der Waals surface area contributed by atoms with Gasteiger partial charge in [-0.15, -0.1) is 0 Å². The van der Waals surface area contributed by atoms with Gasteiger partial charge in [0.15, 0.2) is 15.3 Å². The van der Waals surface area contributed by atoms with Gasteiger partial charge in [0.1, 0.15) is 5.54 Å². The Labute approximate surface area is 141 Å². The fourth-order valence-electron chi connectivity index (χ4n) is 2.59. The average Bonchev–Trinajstić information content (AvgIpc) is 2.91. The Morgan fingerprint density at radius 2 is 1.48 bits per heavy atom. The summed E-state index contributed by atoms with van der Waals surface area (Å²) in [5, 5.41) is 25.1. The minimum atomic E-state index is -1.02. The lowest BCUT2D eigenvalue weighted by molar-refractivity contribution is -0.117. The zero-order valence-corrected chi connectivity index (χ0v) is 14.0. The number of amides is 1. The van der Waals surface area contributed by atoms with Gasteiger partial charge in [-0.1, -0.05) is 0 Å². The van der Waals surface area contributed by atoms with E-state index in [0.717, 1.165) is 5.69 Å². The molecular formula is C14H14N4O3S2. The summed E-state index contributed by atoms with van der Waals surface area (Å²) in [5.74, 6) is -1.62. The van der Waals surface area contributed by atoms with Crippen LogP contribution in [0.3, 0.4) is 0 Å². The van der Waals surface area contributed by atoms with E-state index in [4.69, 9.17) is 24.4 Å². The minimum Gasteiger partial charge on any atom is -0.506 e. The number of aliphatic hydroxyl groups excluding tert-OH is 2. The van der Waals surface area contributed by atoms with E-state index in [2.05, 4.69) is 10.2 Å². The molecule has 0 unspecified atom stereocenters. The molecule has 1 aliphatic heterocycles. The fraction of sp³-hybridized carbons (Fsp3) is 0.214. The monoisotopic (exact) mass is 350 g/mol. The Hall–Kier alpha value is -2.39. The van der Waals surface area contributed by atoms with E-state index in [1.807, 2.05) is 0 Å². The van der Waals surface area contributed by atoms with E-state index in [1.54, 1.807) is 42.7 Å². The molecule has 7 nitrogen and oxygen atoms in total. The maximum Gasteiger partial charge on any atom is 0.297 e. The number of hydrogen-bond donors (Lipinski definition) is 4. The van der Waals surface area contributed by atoms with Gasteiger partial charge in [-0.2, -0.15) is 0 Å². The quantitative estimate of drug-likeness (QED) is 0.624. The number of nitrogens with zero attached hydrogens (tertiary/aromatic N) is 2. The number of aromatic nitrogens is 3. The first-order valence-corrected chi connectivity index (χ1v) is 7.54. The number of benzene rings is 1. The van der Waals surface area contributed by atoms with Crippen LogP contribution in [0.25, 0.3) is 5.69 Å². The third-order valence-corrected chi connectivity index (χ3v) is 4.39. The van der Waals surface area contributed by atoms with Crippen molar-refractivity contribution in [1.82, 2.24) is 14.8 Å². The van der Waals surface area contributed by atoms with Crippen molar-refractivity contribution in [3.05, 3.63) is 45.3 Å². The number of aromatic amines is 2. The maximum absolute atomic E-state index is 12.2. The number of hydrogen-bond acceptors (Lipinski definition) is 5. The van der Waals surface area contributed by atoms with Crippen LogP contribution >= 0.6 is 24.4 Å². The van der Waals surface area contributed by atoms with Crippen LogP contribution in [-0.2, 0) is 4.79 Å². The van der Waals surface area contributed by atoms with E-state index in [9.17, 15) is 15.0 Å². The SMILES string of the molecule is CC1(C)C(O)=C(O)C(=O)N1c1ccc(-n2c(=S)[nH][nH]c2=S)cc1. The third-order valence-electron chi connectivity index (χ3n) is 3.82. The van der Waals surface area contributed by atoms with Crippen LogP contribution < -0.4 is 4.90 Å². The molecular weight excluding hydrogens is 336 g/mol. The normalized spacial score (nSPS) is 17.1. The van der Waals surface area contributed by atoms with Crippen LogP contribution in [0.5, 0.6) is 0 Å². The molecule has 1 aromatic heterocycles. The lowest BCUT2D eigenvalue weighted by Gasteiger charge is -2.31. The third kappa shape index (κ3) is 2.20. The Morgan fingerprint density at radius 3 is 1.91 bits per heavy atom. The lowest BCUT2D eigenvalue weighted by Crippen LogP contribution is -2.43. The first-order chi connectivity index (χ1) is 10.7. The van der Waals surface area contributed by atoms with E-state index >= 15 is 0 Å². The van der Waals surface area contributed by atoms with E-state index in [0.29, 0.717) is 15.2 Å². The highest BCUT2D eigenvalue weighted by molar-refractivity contribution is 7.72. The molecule has 0 fully saturated rings. The number of carbonyl (C=O) groups is 1. The van der Waals surface area contributed by atoms with E-state index in [-0.39, 0.29) is 5.76 Å². The van der Waals surface area contributed by atoms with Gasteiger partial charge in [-0.05, 0) is 62.5 Å². The zero-order chi connectivity index (χ0) is 16.9. The molecule has 9 heteroatoms. The van der Waals surface area contributed by atoms with Crippen LogP contribution in [-0.4, -0.2) is 36.4 Å². The molecule has 0 radical (unpaired) electrons. The summed E-state index contributed by atoms with van der Waals surface area (Å²) in [4.78, 5) is 13.5. The zero-order valence-electron chi connectivity index (χ0n) is 12.3. The van der Waals surface area contributed by atoms with Gasteiger partial charge >= 0.3 is 0 Å². The van der Waals surface area contributed by atoms with Crippen molar-refractivity contribution >= 4 is 36.0 Å². The second-order valence-electron chi connectivity index (χ2n) is 5.61. The standard InChI is InChI=1S/C14H14N4O3S2/c1-14(2)10(20)9(19)11(21)18(14)8-5-3-7(4-6-8)17-12(22)15-16-13(17)23/h3-6,19-20H,1-2H3,(H,15,22)(H,16,23). The number of H-pyrrole nitrogens is 2. The predicted molar refractivity (Wildman–Crippen MR) is 90.0 cm³/mol. The summed E-state index contributed by atoms with van der Waals surface area (Å²) in [6, 6.07) is 6.89. The summed E-state index contributed by atoms with van der Waals surface area (Å²) >= 11 is 10.3. The second kappa shape index (κ2) is 5.07. The van der Waals surface area contributed by atoms with Crippen LogP contribution in [0.1, 0.15) is 13.8 Å². The Morgan fingerprint density at radius 1 is 1.00 bits per heavy atom. The molecule has 120 valence electrons. The molecule has 1 amide bonds. The summed E-state index contributed by atoms with van der Waals surface area (Å²) in [5.41, 5.74) is 0.243. The lowest BCUT2D eigenvalue weighted by atomic mass is 10.0. The Kier molecular flexibility index (Phi) is 3.42. The molecule has 23 heavy (non-hydrogen) atoms. The second-order valence-corrected chi connectivity index (χ2v) is 6.38. The van der Waals surface area contributed by atoms with Crippen molar-refractivity contribution in [2.45, 2.75) is 19.4 Å². The van der Waals surface area contributed by atoms with Gasteiger partial charge in [0.2, 0.25) is 5.76 Å². The Bertz CT molecular complexity index is 906. The smallest absolute Gasteiger partial charge is 0.297 e. The molecule has 0 saturated heterocycles. The average molecular weight is 350 g/mol. The van der Waals surface area contributed by atoms with Crippen LogP contribution in [0.4, 0.5) is 5.69 Å². The van der Waals surface area contributed by atoms with Crippen molar-refractivity contribution < 1.29 is 15.0 Å². The van der Waals surface area contributed by atoms with Crippen molar-refractivity contribution in [2.24, 2.45) is 0 Å². The maximum atomic E-state index is 12.2. The number of nitrogens with one attached hydrogen (secondary N) is 2. The largest absolute Gasteiger partial charge is 0.506 e. The molecule has 0 atom stereocenters. The first kappa shape index (κ1) is 15.5. The van der Waals surface area contributed by atoms with Gasteiger partial charge in [0, 0.05) is 5.69 Å². The highest BCUT2D eigenvalue weighted by Crippen LogP contribution is 2.36. The summed E-state index contributed by atoms with van der Waals surface area (Å²) in [7, 11) is 0. The van der Waals surface area contributed by atoms with Gasteiger partial charge in [0.05, 0.1) is 5.69 Å². The minimum absolute atomic E-state index is 0.345. The fourth-order valence-corrected chi connectivity index (χ4v) is 3.15. The van der Waals surface area contributed by atoms with Gasteiger partial charge < -0.3 is 10.2 Å². The van der Waals surface area contributed by atoms with Gasteiger partial charge in [0.25, 0.3) is 5.91 Å². The summed E-state index contributed by atoms with van der Waals surface area (Å²) in [6.07, 6.45) is 0.